The molecular weight excluding hydrogens is 338 g/mol. The first-order valence-corrected chi connectivity index (χ1v) is 8.31. The first-order valence-electron chi connectivity index (χ1n) is 6.21. The normalized spacial score (nSPS) is 15.6. The van der Waals surface area contributed by atoms with Crippen LogP contribution in [0.1, 0.15) is 20.5 Å². The van der Waals surface area contributed by atoms with Crippen molar-refractivity contribution >= 4 is 41.8 Å². The molecule has 1 aromatic carbocycles. The second kappa shape index (κ2) is 8.22. The summed E-state index contributed by atoms with van der Waals surface area (Å²) in [5.41, 5.74) is 6.45. The van der Waals surface area contributed by atoms with Crippen LogP contribution >= 0.6 is 35.9 Å². The van der Waals surface area contributed by atoms with E-state index < -0.39 is 24.9 Å². The lowest BCUT2D eigenvalue weighted by molar-refractivity contribution is 0.0118. The minimum Gasteiger partial charge on any atom is -0.346 e. The molecule has 0 bridgehead atoms. The third-order valence-corrected chi connectivity index (χ3v) is 5.98. The number of nitrogens with two attached hydrogens (primary N) is 1. The Hall–Kier alpha value is -0.500. The van der Waals surface area contributed by atoms with E-state index in [4.69, 9.17) is 5.73 Å². The molecule has 1 aliphatic rings. The van der Waals surface area contributed by atoms with Gasteiger partial charge in [-0.05, 0) is 17.7 Å². The molecule has 1 fully saturated rings. The second-order valence-electron chi connectivity index (χ2n) is 4.44. The molecule has 0 aliphatic carbocycles. The number of amides is 1. The fourth-order valence-electron chi connectivity index (χ4n) is 1.73. The van der Waals surface area contributed by atoms with Crippen LogP contribution < -0.4 is 11.1 Å². The largest absolute Gasteiger partial charge is 0.346 e. The van der Waals surface area contributed by atoms with E-state index in [1.54, 1.807) is 12.1 Å². The van der Waals surface area contributed by atoms with E-state index in [0.717, 1.165) is 17.1 Å². The molecule has 3 nitrogen and oxygen atoms in total. The van der Waals surface area contributed by atoms with Crippen LogP contribution in [0.2, 0.25) is 0 Å². The van der Waals surface area contributed by atoms with Crippen molar-refractivity contribution in [1.29, 1.82) is 0 Å². The SMILES string of the molecule is Cl.NCC(F)(F)CNC(=O)c1ccc(C2SCCS2)cc1. The van der Waals surface area contributed by atoms with Gasteiger partial charge in [-0.2, -0.15) is 0 Å². The summed E-state index contributed by atoms with van der Waals surface area (Å²) in [6, 6.07) is 7.10. The van der Waals surface area contributed by atoms with E-state index in [9.17, 15) is 13.6 Å². The van der Waals surface area contributed by atoms with E-state index in [1.165, 1.54) is 0 Å². The molecule has 0 atom stereocenters. The summed E-state index contributed by atoms with van der Waals surface area (Å²) in [5, 5.41) is 2.20. The van der Waals surface area contributed by atoms with Crippen molar-refractivity contribution in [3.63, 3.8) is 0 Å². The van der Waals surface area contributed by atoms with Crippen molar-refractivity contribution < 1.29 is 13.6 Å². The molecule has 1 aromatic rings. The molecule has 8 heteroatoms. The number of carbonyl (C=O) groups is 1. The van der Waals surface area contributed by atoms with Crippen LogP contribution in [0.25, 0.3) is 0 Å². The third-order valence-electron chi connectivity index (χ3n) is 2.87. The molecule has 118 valence electrons. The van der Waals surface area contributed by atoms with Crippen molar-refractivity contribution in [2.24, 2.45) is 5.73 Å². The van der Waals surface area contributed by atoms with Gasteiger partial charge in [0.25, 0.3) is 11.8 Å². The standard InChI is InChI=1S/C13H16F2N2OS2.ClH/c14-13(15,7-16)8-17-11(18)9-1-3-10(4-2-9)12-19-5-6-20-12;/h1-4,12H,5-8,16H2,(H,17,18);1H. The first kappa shape index (κ1) is 18.5. The smallest absolute Gasteiger partial charge is 0.277 e. The number of hydrogen-bond donors (Lipinski definition) is 2. The van der Waals surface area contributed by atoms with Crippen LogP contribution in [0, 0.1) is 0 Å². The van der Waals surface area contributed by atoms with E-state index in [-0.39, 0.29) is 12.4 Å². The molecule has 0 radical (unpaired) electrons. The van der Waals surface area contributed by atoms with Gasteiger partial charge in [-0.3, -0.25) is 4.79 Å². The maximum atomic E-state index is 13.0. The van der Waals surface area contributed by atoms with Crippen LogP contribution in [0.4, 0.5) is 8.78 Å². The summed E-state index contributed by atoms with van der Waals surface area (Å²) in [4.78, 5) is 11.7. The molecule has 1 amide bonds. The minimum absolute atomic E-state index is 0. The maximum absolute atomic E-state index is 13.0. The average molecular weight is 355 g/mol. The number of thioether (sulfide) groups is 2. The zero-order valence-electron chi connectivity index (χ0n) is 11.2. The van der Waals surface area contributed by atoms with Gasteiger partial charge in [0.15, 0.2) is 0 Å². The van der Waals surface area contributed by atoms with Crippen molar-refractivity contribution in [3.8, 4) is 0 Å². The summed E-state index contributed by atoms with van der Waals surface area (Å²) < 4.78 is 26.3. The lowest BCUT2D eigenvalue weighted by Gasteiger charge is -2.14. The zero-order chi connectivity index (χ0) is 14.6. The van der Waals surface area contributed by atoms with Gasteiger partial charge in [0, 0.05) is 17.1 Å². The molecule has 0 unspecified atom stereocenters. The molecule has 1 aliphatic heterocycles. The first-order chi connectivity index (χ1) is 9.52. The Kier molecular flexibility index (Phi) is 7.26. The average Bonchev–Trinajstić information content (AvgIpc) is 2.99. The Balaban J connectivity index is 0.00000220. The summed E-state index contributed by atoms with van der Waals surface area (Å²) in [7, 11) is 0. The van der Waals surface area contributed by atoms with Crippen LogP contribution in [-0.4, -0.2) is 36.4 Å². The Morgan fingerprint density at radius 1 is 1.29 bits per heavy atom. The lowest BCUT2D eigenvalue weighted by Crippen LogP contribution is -2.41. The van der Waals surface area contributed by atoms with Crippen molar-refractivity contribution in [2.45, 2.75) is 10.5 Å². The highest BCUT2D eigenvalue weighted by molar-refractivity contribution is 8.19. The molecule has 1 saturated heterocycles. The van der Waals surface area contributed by atoms with Crippen molar-refractivity contribution in [3.05, 3.63) is 35.4 Å². The molecule has 2 rings (SSSR count). The maximum Gasteiger partial charge on any atom is 0.277 e. The monoisotopic (exact) mass is 354 g/mol. The van der Waals surface area contributed by atoms with Gasteiger partial charge in [0.05, 0.1) is 17.7 Å². The number of alkyl halides is 2. The number of benzene rings is 1. The lowest BCUT2D eigenvalue weighted by atomic mass is 10.1. The number of rotatable bonds is 5. The summed E-state index contributed by atoms with van der Waals surface area (Å²) in [6.45, 7) is -1.51. The molecule has 3 N–H and O–H groups in total. The zero-order valence-corrected chi connectivity index (χ0v) is 13.6. The molecule has 1 heterocycles. The van der Waals surface area contributed by atoms with Crippen LogP contribution in [0.3, 0.4) is 0 Å². The quantitative estimate of drug-likeness (QED) is 0.853. The van der Waals surface area contributed by atoms with Gasteiger partial charge in [-0.1, -0.05) is 12.1 Å². The Labute approximate surface area is 137 Å². The van der Waals surface area contributed by atoms with Crippen molar-refractivity contribution in [1.82, 2.24) is 5.32 Å². The number of halogens is 3. The number of nitrogens with one attached hydrogen (secondary N) is 1. The predicted octanol–water partition coefficient (Wildman–Crippen LogP) is 2.91. The summed E-state index contributed by atoms with van der Waals surface area (Å²) >= 11 is 3.75. The van der Waals surface area contributed by atoms with Crippen molar-refractivity contribution in [2.75, 3.05) is 24.6 Å². The topological polar surface area (TPSA) is 55.1 Å². The molecule has 21 heavy (non-hydrogen) atoms. The van der Waals surface area contributed by atoms with Gasteiger partial charge < -0.3 is 11.1 Å². The van der Waals surface area contributed by atoms with Gasteiger partial charge in [-0.15, -0.1) is 35.9 Å². The number of hydrogen-bond acceptors (Lipinski definition) is 4. The fraction of sp³-hybridized carbons (Fsp3) is 0.462. The molecule has 0 saturated carbocycles. The van der Waals surface area contributed by atoms with E-state index in [0.29, 0.717) is 10.1 Å². The van der Waals surface area contributed by atoms with E-state index in [1.807, 2.05) is 35.7 Å². The highest BCUT2D eigenvalue weighted by Crippen LogP contribution is 2.45. The Morgan fingerprint density at radius 3 is 2.38 bits per heavy atom. The molecular formula is C13H17ClF2N2OS2. The van der Waals surface area contributed by atoms with Crippen LogP contribution in [-0.2, 0) is 0 Å². The fourth-order valence-corrected chi connectivity index (χ4v) is 4.59. The third kappa shape index (κ3) is 5.32. The molecule has 0 aromatic heterocycles. The van der Waals surface area contributed by atoms with Crippen LogP contribution in [0.15, 0.2) is 24.3 Å². The Bertz CT molecular complexity index is 468. The van der Waals surface area contributed by atoms with Gasteiger partial charge in [0.2, 0.25) is 0 Å². The summed E-state index contributed by atoms with van der Waals surface area (Å²) in [6.07, 6.45) is 0. The minimum atomic E-state index is -3.06. The molecule has 0 spiro atoms. The highest BCUT2D eigenvalue weighted by atomic mass is 35.5. The Morgan fingerprint density at radius 2 is 1.86 bits per heavy atom. The van der Waals surface area contributed by atoms with E-state index >= 15 is 0 Å². The number of carbonyl (C=O) groups excluding carboxylic acids is 1. The van der Waals surface area contributed by atoms with E-state index in [2.05, 4.69) is 5.32 Å². The van der Waals surface area contributed by atoms with Crippen LogP contribution in [0.5, 0.6) is 0 Å². The van der Waals surface area contributed by atoms with Gasteiger partial charge in [0.1, 0.15) is 0 Å². The van der Waals surface area contributed by atoms with Gasteiger partial charge >= 0.3 is 0 Å². The highest BCUT2D eigenvalue weighted by Gasteiger charge is 2.27. The predicted molar refractivity (Wildman–Crippen MR) is 87.7 cm³/mol. The van der Waals surface area contributed by atoms with Gasteiger partial charge in [-0.25, -0.2) is 8.78 Å². The second-order valence-corrected chi connectivity index (χ2v) is 7.16. The summed E-state index contributed by atoms with van der Waals surface area (Å²) in [5.74, 6) is -1.30.